The molecule has 0 saturated carbocycles. The molecule has 1 aliphatic heterocycles. The van der Waals surface area contributed by atoms with Crippen LogP contribution in [-0.2, 0) is 11.3 Å². The molecule has 0 unspecified atom stereocenters. The van der Waals surface area contributed by atoms with E-state index in [-0.39, 0.29) is 18.8 Å². The van der Waals surface area contributed by atoms with Crippen LogP contribution in [0.2, 0.25) is 0 Å². The third kappa shape index (κ3) is 6.99. The molecule has 3 aromatic rings. The normalized spacial score (nSPS) is 17.7. The highest BCUT2D eigenvalue weighted by Gasteiger charge is 2.31. The first kappa shape index (κ1) is 29.1. The summed E-state index contributed by atoms with van der Waals surface area (Å²) in [6, 6.07) is 10.9. The summed E-state index contributed by atoms with van der Waals surface area (Å²) in [5.74, 6) is 5.65. The average Bonchev–Trinajstić information content (AvgIpc) is 3.25. The largest absolute Gasteiger partial charge is 0.495 e. The predicted octanol–water partition coefficient (Wildman–Crippen LogP) is 5.31. The summed E-state index contributed by atoms with van der Waals surface area (Å²) in [6.45, 7) is 1.87. The van der Waals surface area contributed by atoms with Gasteiger partial charge in [0.2, 0.25) is 0 Å². The number of aromatic nitrogens is 1. The van der Waals surface area contributed by atoms with Gasteiger partial charge in [0, 0.05) is 24.2 Å². The summed E-state index contributed by atoms with van der Waals surface area (Å²) in [4.78, 5) is 13.9. The maximum atomic E-state index is 14.7. The van der Waals surface area contributed by atoms with Crippen molar-refractivity contribution in [2.75, 3.05) is 51.0 Å². The molecule has 0 radical (unpaired) electrons. The van der Waals surface area contributed by atoms with Gasteiger partial charge in [-0.3, -0.25) is 0 Å². The lowest BCUT2D eigenvalue weighted by Crippen LogP contribution is -2.46. The van der Waals surface area contributed by atoms with Crippen LogP contribution in [0.3, 0.4) is 0 Å². The molecular weight excluding hydrogens is 528 g/mol. The number of methoxy groups -OCH3 is 1. The molecule has 1 aliphatic rings. The van der Waals surface area contributed by atoms with Crippen LogP contribution in [-0.4, -0.2) is 74.2 Å². The van der Waals surface area contributed by atoms with E-state index in [1.807, 2.05) is 11.9 Å². The van der Waals surface area contributed by atoms with Gasteiger partial charge in [-0.2, -0.15) is 13.2 Å². The third-order valence-corrected chi connectivity index (χ3v) is 6.66. The lowest BCUT2D eigenvalue weighted by Gasteiger charge is -2.33. The standard InChI is InChI=1S/C29H32F4N4O3/c1-4-40-28(38)19-10-11-25(27(15-19)39-3)34-13-6-7-20-16-21-23(35-24-12-14-36(2)17-22(24)30)8-5-9-26(21)37(20)18-29(31,32)33/h5,8-11,15-16,22,24,34-35H,4,12-14,17-18H2,1-3H3/t22-,24+/m1/s1. The Bertz CT molecular complexity index is 1410. The minimum Gasteiger partial charge on any atom is -0.495 e. The van der Waals surface area contributed by atoms with Gasteiger partial charge in [0.25, 0.3) is 0 Å². The fraction of sp³-hybridized carbons (Fsp3) is 0.414. The fourth-order valence-electron chi connectivity index (χ4n) is 4.74. The highest BCUT2D eigenvalue weighted by Crippen LogP contribution is 2.32. The predicted molar refractivity (Wildman–Crippen MR) is 147 cm³/mol. The van der Waals surface area contributed by atoms with Gasteiger partial charge in [0.15, 0.2) is 0 Å². The Balaban J connectivity index is 1.58. The smallest absolute Gasteiger partial charge is 0.406 e. The van der Waals surface area contributed by atoms with Crippen molar-refractivity contribution in [2.24, 2.45) is 0 Å². The summed E-state index contributed by atoms with van der Waals surface area (Å²) >= 11 is 0. The Labute approximate surface area is 230 Å². The topological polar surface area (TPSA) is 67.8 Å². The molecule has 7 nitrogen and oxygen atoms in total. The number of hydrogen-bond donors (Lipinski definition) is 2. The summed E-state index contributed by atoms with van der Waals surface area (Å²) in [7, 11) is 3.31. The lowest BCUT2D eigenvalue weighted by molar-refractivity contribution is -0.140. The zero-order valence-corrected chi connectivity index (χ0v) is 22.6. The molecule has 1 saturated heterocycles. The molecule has 2 heterocycles. The van der Waals surface area contributed by atoms with Crippen molar-refractivity contribution in [1.82, 2.24) is 9.47 Å². The number of nitrogens with one attached hydrogen (secondary N) is 2. The number of rotatable bonds is 8. The number of hydrogen-bond acceptors (Lipinski definition) is 6. The number of anilines is 2. The quantitative estimate of drug-likeness (QED) is 0.221. The summed E-state index contributed by atoms with van der Waals surface area (Å²) in [6.07, 6.45) is -4.98. The van der Waals surface area contributed by atoms with Crippen LogP contribution in [0.25, 0.3) is 10.9 Å². The van der Waals surface area contributed by atoms with Crippen LogP contribution in [0.4, 0.5) is 28.9 Å². The van der Waals surface area contributed by atoms with Crippen LogP contribution in [0.5, 0.6) is 5.75 Å². The van der Waals surface area contributed by atoms with Gasteiger partial charge in [-0.05, 0) is 62.7 Å². The van der Waals surface area contributed by atoms with E-state index in [1.54, 1.807) is 43.3 Å². The molecule has 0 aliphatic carbocycles. The van der Waals surface area contributed by atoms with E-state index in [0.29, 0.717) is 46.6 Å². The van der Waals surface area contributed by atoms with E-state index in [4.69, 9.17) is 9.47 Å². The zero-order valence-electron chi connectivity index (χ0n) is 22.6. The Hall–Kier alpha value is -3.91. The van der Waals surface area contributed by atoms with Gasteiger partial charge < -0.3 is 29.6 Å². The summed E-state index contributed by atoms with van der Waals surface area (Å²) in [5.41, 5.74) is 2.01. The van der Waals surface area contributed by atoms with Crippen LogP contribution in [0.15, 0.2) is 42.5 Å². The molecule has 2 atom stereocenters. The fourth-order valence-corrected chi connectivity index (χ4v) is 4.74. The number of halogens is 4. The van der Waals surface area contributed by atoms with E-state index in [1.165, 1.54) is 13.2 Å². The number of alkyl halides is 4. The Morgan fingerprint density at radius 2 is 1.98 bits per heavy atom. The van der Waals surface area contributed by atoms with E-state index in [0.717, 1.165) is 11.1 Å². The lowest BCUT2D eigenvalue weighted by atomic mass is 10.0. The van der Waals surface area contributed by atoms with E-state index in [2.05, 4.69) is 22.5 Å². The first-order chi connectivity index (χ1) is 19.1. The summed E-state index contributed by atoms with van der Waals surface area (Å²) in [5, 5.41) is 6.83. The van der Waals surface area contributed by atoms with Gasteiger partial charge >= 0.3 is 12.1 Å². The average molecular weight is 561 g/mol. The molecule has 2 N–H and O–H groups in total. The van der Waals surface area contributed by atoms with Crippen molar-refractivity contribution in [3.05, 3.63) is 53.7 Å². The van der Waals surface area contributed by atoms with Gasteiger partial charge in [-0.15, -0.1) is 0 Å². The second-order valence-electron chi connectivity index (χ2n) is 9.58. The minimum atomic E-state index is -4.46. The van der Waals surface area contributed by atoms with Gasteiger partial charge in [-0.1, -0.05) is 12.0 Å². The third-order valence-electron chi connectivity index (χ3n) is 6.66. The molecule has 1 fully saturated rings. The second-order valence-corrected chi connectivity index (χ2v) is 9.58. The van der Waals surface area contributed by atoms with E-state index >= 15 is 0 Å². The first-order valence-corrected chi connectivity index (χ1v) is 13.0. The minimum absolute atomic E-state index is 0.104. The van der Waals surface area contributed by atoms with Gasteiger partial charge in [0.05, 0.1) is 48.8 Å². The van der Waals surface area contributed by atoms with Crippen LogP contribution in [0.1, 0.15) is 29.4 Å². The first-order valence-electron chi connectivity index (χ1n) is 13.0. The van der Waals surface area contributed by atoms with Gasteiger partial charge in [-0.25, -0.2) is 9.18 Å². The number of ether oxygens (including phenoxy) is 2. The number of nitrogens with zero attached hydrogens (tertiary/aromatic N) is 2. The van der Waals surface area contributed by atoms with E-state index in [9.17, 15) is 22.4 Å². The number of carbonyl (C=O) groups is 1. The van der Waals surface area contributed by atoms with Crippen molar-refractivity contribution in [3.8, 4) is 17.6 Å². The van der Waals surface area contributed by atoms with Crippen molar-refractivity contribution in [3.63, 3.8) is 0 Å². The number of likely N-dealkylation sites (tertiary alicyclic amines) is 1. The molecule has 214 valence electrons. The molecule has 0 spiro atoms. The highest BCUT2D eigenvalue weighted by atomic mass is 19.4. The maximum Gasteiger partial charge on any atom is 0.406 e. The molecule has 4 rings (SSSR count). The van der Waals surface area contributed by atoms with Gasteiger partial charge in [0.1, 0.15) is 18.5 Å². The Kier molecular flexibility index (Phi) is 9.10. The second kappa shape index (κ2) is 12.5. The Morgan fingerprint density at radius 3 is 2.67 bits per heavy atom. The number of benzene rings is 2. The molecular formula is C29H32F4N4O3. The number of fused-ring (bicyclic) bond motifs is 1. The van der Waals surface area contributed by atoms with Crippen molar-refractivity contribution in [1.29, 1.82) is 0 Å². The number of piperidine rings is 1. The van der Waals surface area contributed by atoms with Crippen LogP contribution in [0, 0.1) is 11.8 Å². The van der Waals surface area contributed by atoms with Crippen molar-refractivity contribution in [2.45, 2.75) is 38.3 Å². The maximum absolute atomic E-state index is 14.7. The molecule has 11 heteroatoms. The molecule has 0 bridgehead atoms. The molecule has 1 aromatic heterocycles. The number of esters is 1. The number of carbonyl (C=O) groups excluding carboxylic acids is 1. The summed E-state index contributed by atoms with van der Waals surface area (Å²) < 4.78 is 66.7. The van der Waals surface area contributed by atoms with Crippen molar-refractivity contribution < 1.29 is 31.8 Å². The Morgan fingerprint density at radius 1 is 1.18 bits per heavy atom. The van der Waals surface area contributed by atoms with Crippen LogP contribution < -0.4 is 15.4 Å². The highest BCUT2D eigenvalue weighted by molar-refractivity contribution is 5.94. The molecule has 40 heavy (non-hydrogen) atoms. The van der Waals surface area contributed by atoms with Crippen molar-refractivity contribution >= 4 is 28.2 Å². The van der Waals surface area contributed by atoms with Crippen LogP contribution >= 0.6 is 0 Å². The SMILES string of the molecule is CCOC(=O)c1ccc(NCC#Cc2cc3c(N[C@H]4CCN(C)C[C@H]4F)cccc3n2CC(F)(F)F)c(OC)c1. The molecule has 2 aromatic carbocycles. The molecule has 0 amide bonds. The zero-order chi connectivity index (χ0) is 28.9. The monoisotopic (exact) mass is 560 g/mol. The van der Waals surface area contributed by atoms with E-state index < -0.39 is 30.9 Å².